The van der Waals surface area contributed by atoms with E-state index in [1.807, 2.05) is 33.8 Å². The van der Waals surface area contributed by atoms with Crippen LogP contribution < -0.4 is 10.5 Å². The summed E-state index contributed by atoms with van der Waals surface area (Å²) in [7, 11) is -3.84. The molecule has 0 spiro atoms. The van der Waals surface area contributed by atoms with Crippen LogP contribution in [0.1, 0.15) is 51.3 Å². The minimum atomic E-state index is -3.84. The van der Waals surface area contributed by atoms with Gasteiger partial charge in [-0.25, -0.2) is 8.42 Å². The van der Waals surface area contributed by atoms with Gasteiger partial charge in [-0.1, -0.05) is 40.7 Å². The lowest BCUT2D eigenvalue weighted by Gasteiger charge is -2.24. The van der Waals surface area contributed by atoms with Crippen molar-refractivity contribution in [1.82, 2.24) is 4.72 Å². The maximum Gasteiger partial charge on any atom is 0.241 e. The number of nitrogens with two attached hydrogens (primary N) is 1. The summed E-state index contributed by atoms with van der Waals surface area (Å²) in [5, 5.41) is 0. The topological polar surface area (TPSA) is 89.3 Å². The van der Waals surface area contributed by atoms with Gasteiger partial charge in [0, 0.05) is 0 Å². The van der Waals surface area contributed by atoms with Crippen molar-refractivity contribution in [3.05, 3.63) is 28.8 Å². The van der Waals surface area contributed by atoms with Gasteiger partial charge >= 0.3 is 0 Å². The van der Waals surface area contributed by atoms with E-state index in [2.05, 4.69) is 4.72 Å². The molecule has 0 radical (unpaired) electrons. The molecule has 1 atom stereocenters. The minimum absolute atomic E-state index is 0.177. The molecule has 0 saturated heterocycles. The van der Waals surface area contributed by atoms with Crippen molar-refractivity contribution in [2.75, 3.05) is 0 Å². The summed E-state index contributed by atoms with van der Waals surface area (Å²) in [5.41, 5.74) is 7.66. The summed E-state index contributed by atoms with van der Waals surface area (Å²) >= 11 is 0. The van der Waals surface area contributed by atoms with Crippen LogP contribution in [0.25, 0.3) is 0 Å². The molecule has 0 aliphatic heterocycles. The highest BCUT2D eigenvalue weighted by molar-refractivity contribution is 7.89. The third kappa shape index (κ3) is 4.54. The molecule has 6 heteroatoms. The average molecular weight is 340 g/mol. The third-order valence-corrected chi connectivity index (χ3v) is 5.60. The molecule has 0 bridgehead atoms. The molecule has 1 rings (SSSR count). The van der Waals surface area contributed by atoms with Crippen molar-refractivity contribution in [2.24, 2.45) is 11.7 Å². The standard InChI is InChI=1S/C17H28N2O3S/c1-10(2)15(16(18)20)19-23(21,22)14-9-13(17(5,6)7)8-11(3)12(14)4/h8-10,15,19H,1-7H3,(H2,18,20)/t15-/m0/s1. The predicted octanol–water partition coefficient (Wildman–Crippen LogP) is 2.39. The zero-order valence-electron chi connectivity index (χ0n) is 15.0. The van der Waals surface area contributed by atoms with E-state index in [1.165, 1.54) is 0 Å². The molecule has 3 N–H and O–H groups in total. The maximum atomic E-state index is 12.8. The molecule has 0 aromatic heterocycles. The van der Waals surface area contributed by atoms with Crippen LogP contribution in [-0.4, -0.2) is 20.4 Å². The number of amides is 1. The molecule has 0 heterocycles. The summed E-state index contributed by atoms with van der Waals surface area (Å²) < 4.78 is 28.0. The van der Waals surface area contributed by atoms with Crippen LogP contribution >= 0.6 is 0 Å². The van der Waals surface area contributed by atoms with Gasteiger partial charge < -0.3 is 5.73 Å². The normalized spacial score (nSPS) is 14.1. The second-order valence-electron chi connectivity index (χ2n) is 7.41. The summed E-state index contributed by atoms with van der Waals surface area (Å²) in [6.07, 6.45) is 0. The molecule has 1 amide bonds. The number of carbonyl (C=O) groups excluding carboxylic acids is 1. The number of benzene rings is 1. The first kappa shape index (κ1) is 19.6. The first-order valence-corrected chi connectivity index (χ1v) is 9.19. The summed E-state index contributed by atoms with van der Waals surface area (Å²) in [6, 6.07) is 2.75. The van der Waals surface area contributed by atoms with Crippen molar-refractivity contribution in [2.45, 2.75) is 64.8 Å². The van der Waals surface area contributed by atoms with E-state index in [0.717, 1.165) is 11.1 Å². The van der Waals surface area contributed by atoms with Crippen molar-refractivity contribution in [1.29, 1.82) is 0 Å². The summed E-state index contributed by atoms with van der Waals surface area (Å²) in [5.74, 6) is -0.903. The van der Waals surface area contributed by atoms with Crippen molar-refractivity contribution >= 4 is 15.9 Å². The van der Waals surface area contributed by atoms with Crippen molar-refractivity contribution in [3.8, 4) is 0 Å². The lowest BCUT2D eigenvalue weighted by atomic mass is 9.85. The van der Waals surface area contributed by atoms with Crippen LogP contribution in [0.3, 0.4) is 0 Å². The molecular formula is C17H28N2O3S. The van der Waals surface area contributed by atoms with E-state index in [0.29, 0.717) is 5.56 Å². The van der Waals surface area contributed by atoms with E-state index < -0.39 is 22.0 Å². The lowest BCUT2D eigenvalue weighted by molar-refractivity contribution is -0.120. The fourth-order valence-corrected chi connectivity index (χ4v) is 3.99. The highest BCUT2D eigenvalue weighted by Gasteiger charge is 2.29. The molecule has 23 heavy (non-hydrogen) atoms. The fourth-order valence-electron chi connectivity index (χ4n) is 2.29. The highest BCUT2D eigenvalue weighted by Crippen LogP contribution is 2.29. The van der Waals surface area contributed by atoms with Gasteiger partial charge in [0.15, 0.2) is 0 Å². The maximum absolute atomic E-state index is 12.8. The number of rotatable bonds is 5. The Morgan fingerprint density at radius 3 is 2.09 bits per heavy atom. The number of aryl methyl sites for hydroxylation is 1. The Hall–Kier alpha value is -1.40. The van der Waals surface area contributed by atoms with Crippen LogP contribution in [0.15, 0.2) is 17.0 Å². The molecule has 130 valence electrons. The van der Waals surface area contributed by atoms with E-state index in [4.69, 9.17) is 5.73 Å². The smallest absolute Gasteiger partial charge is 0.241 e. The number of primary amides is 1. The molecule has 0 saturated carbocycles. The van der Waals surface area contributed by atoms with Gasteiger partial charge in [0.1, 0.15) is 6.04 Å². The van der Waals surface area contributed by atoms with Crippen LogP contribution in [0.4, 0.5) is 0 Å². The third-order valence-electron chi connectivity index (χ3n) is 4.03. The molecule has 1 aromatic rings. The van der Waals surface area contributed by atoms with Gasteiger partial charge in [0.2, 0.25) is 15.9 Å². The first-order valence-electron chi connectivity index (χ1n) is 7.70. The molecule has 0 aliphatic carbocycles. The quantitative estimate of drug-likeness (QED) is 0.862. The van der Waals surface area contributed by atoms with Crippen LogP contribution in [0.5, 0.6) is 0 Å². The van der Waals surface area contributed by atoms with E-state index in [-0.39, 0.29) is 16.2 Å². The molecule has 1 aromatic carbocycles. The Balaban J connectivity index is 3.44. The van der Waals surface area contributed by atoms with Crippen LogP contribution in [-0.2, 0) is 20.2 Å². The zero-order valence-corrected chi connectivity index (χ0v) is 15.8. The molecular weight excluding hydrogens is 312 g/mol. The van der Waals surface area contributed by atoms with Gasteiger partial charge in [0.05, 0.1) is 4.90 Å². The Morgan fingerprint density at radius 2 is 1.70 bits per heavy atom. The van der Waals surface area contributed by atoms with E-state index in [9.17, 15) is 13.2 Å². The molecule has 0 aliphatic rings. The summed E-state index contributed by atoms with van der Waals surface area (Å²) in [4.78, 5) is 11.7. The molecule has 0 unspecified atom stereocenters. The largest absolute Gasteiger partial charge is 0.368 e. The van der Waals surface area contributed by atoms with Crippen molar-refractivity contribution in [3.63, 3.8) is 0 Å². The fraction of sp³-hybridized carbons (Fsp3) is 0.588. The highest BCUT2D eigenvalue weighted by atomic mass is 32.2. The van der Waals surface area contributed by atoms with Crippen LogP contribution in [0, 0.1) is 19.8 Å². The second-order valence-corrected chi connectivity index (χ2v) is 9.09. The van der Waals surface area contributed by atoms with Crippen molar-refractivity contribution < 1.29 is 13.2 Å². The number of hydrogen-bond acceptors (Lipinski definition) is 3. The van der Waals surface area contributed by atoms with Gasteiger partial charge in [0.25, 0.3) is 0 Å². The van der Waals surface area contributed by atoms with E-state index >= 15 is 0 Å². The average Bonchev–Trinajstić information content (AvgIpc) is 2.36. The Kier molecular flexibility index (Phi) is 5.65. The van der Waals surface area contributed by atoms with Gasteiger partial charge in [-0.15, -0.1) is 0 Å². The second kappa shape index (κ2) is 6.61. The first-order chi connectivity index (χ1) is 10.3. The van der Waals surface area contributed by atoms with Gasteiger partial charge in [-0.3, -0.25) is 4.79 Å². The lowest BCUT2D eigenvalue weighted by Crippen LogP contribution is -2.47. The monoisotopic (exact) mass is 340 g/mol. The number of sulfonamides is 1. The zero-order chi connectivity index (χ0) is 18.2. The number of hydrogen-bond donors (Lipinski definition) is 2. The number of carbonyl (C=O) groups is 1. The Bertz CT molecular complexity index is 701. The van der Waals surface area contributed by atoms with Crippen LogP contribution in [0.2, 0.25) is 0 Å². The molecule has 0 fully saturated rings. The Morgan fingerprint density at radius 1 is 1.17 bits per heavy atom. The van der Waals surface area contributed by atoms with Gasteiger partial charge in [-0.2, -0.15) is 4.72 Å². The molecule has 5 nitrogen and oxygen atoms in total. The predicted molar refractivity (Wildman–Crippen MR) is 92.8 cm³/mol. The van der Waals surface area contributed by atoms with E-state index in [1.54, 1.807) is 26.8 Å². The minimum Gasteiger partial charge on any atom is -0.368 e. The summed E-state index contributed by atoms with van der Waals surface area (Å²) in [6.45, 7) is 13.2. The SMILES string of the molecule is Cc1cc(C(C)(C)C)cc(S(=O)(=O)N[C@H](C(N)=O)C(C)C)c1C. The number of nitrogens with one attached hydrogen (secondary N) is 1. The Labute approximate surface area is 139 Å². The van der Waals surface area contributed by atoms with Gasteiger partial charge in [-0.05, 0) is 47.9 Å².